The van der Waals surface area contributed by atoms with E-state index >= 15 is 0 Å². The second kappa shape index (κ2) is 8.48. The molecule has 1 N–H and O–H groups in total. The number of likely N-dealkylation sites (tertiary alicyclic amines) is 1. The molecule has 1 unspecified atom stereocenters. The molecule has 1 aliphatic heterocycles. The molecule has 25 heavy (non-hydrogen) atoms. The first-order valence-corrected chi connectivity index (χ1v) is 8.48. The number of ether oxygens (including phenoxy) is 2. The Hall–Kier alpha value is -2.60. The van der Waals surface area contributed by atoms with E-state index < -0.39 is 0 Å². The third-order valence-corrected chi connectivity index (χ3v) is 4.10. The molecule has 2 aromatic rings. The number of hydrogen-bond donors (Lipinski definition) is 1. The van der Waals surface area contributed by atoms with Gasteiger partial charge in [0.15, 0.2) is 6.61 Å². The minimum absolute atomic E-state index is 0.00343. The van der Waals surface area contributed by atoms with Gasteiger partial charge in [-0.3, -0.25) is 4.79 Å². The monoisotopic (exact) mass is 342 g/mol. The summed E-state index contributed by atoms with van der Waals surface area (Å²) < 4.78 is 11.2. The minimum atomic E-state index is -0.301. The molecule has 6 heteroatoms. The van der Waals surface area contributed by atoms with E-state index in [1.54, 1.807) is 41.4 Å². The van der Waals surface area contributed by atoms with Crippen LogP contribution in [0.2, 0.25) is 0 Å². The lowest BCUT2D eigenvalue weighted by molar-refractivity contribution is -0.133. The highest BCUT2D eigenvalue weighted by atomic mass is 16.5. The van der Waals surface area contributed by atoms with Crippen molar-refractivity contribution >= 4 is 5.91 Å². The summed E-state index contributed by atoms with van der Waals surface area (Å²) in [7, 11) is 0. The molecule has 0 spiro atoms. The van der Waals surface area contributed by atoms with E-state index in [0.717, 1.165) is 12.8 Å². The molecule has 1 aliphatic rings. The first kappa shape index (κ1) is 17.2. The van der Waals surface area contributed by atoms with Gasteiger partial charge in [0, 0.05) is 25.4 Å². The maximum atomic E-state index is 12.2. The molecule has 0 aliphatic carbocycles. The van der Waals surface area contributed by atoms with Crippen molar-refractivity contribution < 1.29 is 19.4 Å². The molecule has 1 atom stereocenters. The molecule has 0 saturated carbocycles. The highest BCUT2D eigenvalue weighted by molar-refractivity contribution is 5.77. The molecule has 2 heterocycles. The molecule has 132 valence electrons. The number of pyridine rings is 1. The molecule has 0 radical (unpaired) electrons. The molecule has 1 saturated heterocycles. The van der Waals surface area contributed by atoms with E-state index in [4.69, 9.17) is 9.47 Å². The number of hydrogen-bond acceptors (Lipinski definition) is 5. The van der Waals surface area contributed by atoms with Crippen LogP contribution in [-0.2, 0) is 4.79 Å². The van der Waals surface area contributed by atoms with Crippen molar-refractivity contribution in [2.75, 3.05) is 19.7 Å². The van der Waals surface area contributed by atoms with Crippen LogP contribution < -0.4 is 9.47 Å². The van der Waals surface area contributed by atoms with Crippen LogP contribution in [0, 0.1) is 0 Å². The average Bonchev–Trinajstić information content (AvgIpc) is 2.86. The number of carbonyl (C=O) groups excluding carboxylic acids is 1. The fourth-order valence-corrected chi connectivity index (χ4v) is 2.70. The summed E-state index contributed by atoms with van der Waals surface area (Å²) >= 11 is 0. The van der Waals surface area contributed by atoms with E-state index in [1.165, 1.54) is 0 Å². The zero-order valence-electron chi connectivity index (χ0n) is 14.0. The van der Waals surface area contributed by atoms with Crippen LogP contribution in [0.1, 0.15) is 19.3 Å². The molecule has 6 nitrogen and oxygen atoms in total. The lowest BCUT2D eigenvalue weighted by Crippen LogP contribution is -2.35. The molecule has 1 amide bonds. The standard InChI is InChI=1S/C19H22N2O4/c22-15-4-3-12-21(13-10-15)19(23)14-24-16-6-8-17(9-7-16)25-18-5-1-2-11-20-18/h1-2,5-9,11,15,22H,3-4,10,12-14H2. The molecule has 1 aromatic heterocycles. The van der Waals surface area contributed by atoms with Crippen LogP contribution >= 0.6 is 0 Å². The number of aliphatic hydroxyl groups excluding tert-OH is 1. The Bertz CT molecular complexity index is 676. The number of benzene rings is 1. The van der Waals surface area contributed by atoms with Crippen molar-refractivity contribution in [3.63, 3.8) is 0 Å². The Labute approximate surface area is 147 Å². The fourth-order valence-electron chi connectivity index (χ4n) is 2.70. The zero-order chi connectivity index (χ0) is 17.5. The van der Waals surface area contributed by atoms with Gasteiger partial charge in [-0.2, -0.15) is 0 Å². The van der Waals surface area contributed by atoms with E-state index in [1.807, 2.05) is 12.1 Å². The lowest BCUT2D eigenvalue weighted by atomic mass is 10.2. The summed E-state index contributed by atoms with van der Waals surface area (Å²) in [6.07, 6.45) is 3.57. The van der Waals surface area contributed by atoms with Crippen molar-refractivity contribution in [1.82, 2.24) is 9.88 Å². The topological polar surface area (TPSA) is 71.9 Å². The van der Waals surface area contributed by atoms with Gasteiger partial charge >= 0.3 is 0 Å². The molecule has 0 bridgehead atoms. The minimum Gasteiger partial charge on any atom is -0.484 e. The molecular formula is C19H22N2O4. The summed E-state index contributed by atoms with van der Waals surface area (Å²) in [5, 5.41) is 9.64. The Morgan fingerprint density at radius 2 is 1.92 bits per heavy atom. The van der Waals surface area contributed by atoms with Gasteiger partial charge in [0.2, 0.25) is 5.88 Å². The van der Waals surface area contributed by atoms with Gasteiger partial charge < -0.3 is 19.5 Å². The second-order valence-electron chi connectivity index (χ2n) is 6.00. The highest BCUT2D eigenvalue weighted by Gasteiger charge is 2.19. The Morgan fingerprint density at radius 1 is 1.12 bits per heavy atom. The summed E-state index contributed by atoms with van der Waals surface area (Å²) in [5.41, 5.74) is 0. The van der Waals surface area contributed by atoms with Crippen LogP contribution in [0.25, 0.3) is 0 Å². The predicted molar refractivity (Wildman–Crippen MR) is 92.7 cm³/mol. The SMILES string of the molecule is O=C(COc1ccc(Oc2ccccn2)cc1)N1CCCC(O)CC1. The molecule has 3 rings (SSSR count). The third kappa shape index (κ3) is 5.19. The van der Waals surface area contributed by atoms with Gasteiger partial charge in [0.05, 0.1) is 6.10 Å². The number of carbonyl (C=O) groups is 1. The maximum Gasteiger partial charge on any atom is 0.260 e. The number of aliphatic hydroxyl groups is 1. The van der Waals surface area contributed by atoms with Gasteiger partial charge in [-0.1, -0.05) is 6.07 Å². The quantitative estimate of drug-likeness (QED) is 0.904. The van der Waals surface area contributed by atoms with Gasteiger partial charge in [0.1, 0.15) is 11.5 Å². The number of nitrogens with zero attached hydrogens (tertiary/aromatic N) is 2. The van der Waals surface area contributed by atoms with E-state index in [9.17, 15) is 9.90 Å². The summed E-state index contributed by atoms with van der Waals surface area (Å²) in [6, 6.07) is 12.5. The van der Waals surface area contributed by atoms with Crippen molar-refractivity contribution in [3.05, 3.63) is 48.7 Å². The smallest absolute Gasteiger partial charge is 0.260 e. The Morgan fingerprint density at radius 3 is 2.68 bits per heavy atom. The van der Waals surface area contributed by atoms with Gasteiger partial charge in [-0.25, -0.2) is 4.98 Å². The van der Waals surface area contributed by atoms with Crippen LogP contribution in [0.4, 0.5) is 0 Å². The fraction of sp³-hybridized carbons (Fsp3) is 0.368. The van der Waals surface area contributed by atoms with E-state index in [2.05, 4.69) is 4.98 Å². The van der Waals surface area contributed by atoms with E-state index in [-0.39, 0.29) is 18.6 Å². The van der Waals surface area contributed by atoms with Crippen LogP contribution in [0.15, 0.2) is 48.7 Å². The number of amides is 1. The second-order valence-corrected chi connectivity index (χ2v) is 6.00. The zero-order valence-corrected chi connectivity index (χ0v) is 14.0. The van der Waals surface area contributed by atoms with Crippen molar-refractivity contribution in [3.8, 4) is 17.4 Å². The van der Waals surface area contributed by atoms with Crippen LogP contribution in [0.3, 0.4) is 0 Å². The van der Waals surface area contributed by atoms with Crippen molar-refractivity contribution in [2.45, 2.75) is 25.4 Å². The average molecular weight is 342 g/mol. The first-order valence-electron chi connectivity index (χ1n) is 8.48. The molecular weight excluding hydrogens is 320 g/mol. The van der Waals surface area contributed by atoms with Gasteiger partial charge in [-0.15, -0.1) is 0 Å². The predicted octanol–water partition coefficient (Wildman–Crippen LogP) is 2.63. The molecule has 1 aromatic carbocycles. The summed E-state index contributed by atoms with van der Waals surface area (Å²) in [4.78, 5) is 18.1. The van der Waals surface area contributed by atoms with Crippen molar-refractivity contribution in [2.24, 2.45) is 0 Å². The third-order valence-electron chi connectivity index (χ3n) is 4.10. The number of rotatable bonds is 5. The van der Waals surface area contributed by atoms with E-state index in [0.29, 0.717) is 36.9 Å². The van der Waals surface area contributed by atoms with Crippen LogP contribution in [-0.4, -0.2) is 46.7 Å². The van der Waals surface area contributed by atoms with Gasteiger partial charge in [-0.05, 0) is 49.6 Å². The summed E-state index contributed by atoms with van der Waals surface area (Å²) in [5.74, 6) is 1.73. The Kier molecular flexibility index (Phi) is 5.85. The van der Waals surface area contributed by atoms with Crippen molar-refractivity contribution in [1.29, 1.82) is 0 Å². The first-order chi connectivity index (χ1) is 12.2. The van der Waals surface area contributed by atoms with Gasteiger partial charge in [0.25, 0.3) is 5.91 Å². The maximum absolute atomic E-state index is 12.2. The van der Waals surface area contributed by atoms with Crippen LogP contribution in [0.5, 0.6) is 17.4 Å². The largest absolute Gasteiger partial charge is 0.484 e. The highest BCUT2D eigenvalue weighted by Crippen LogP contribution is 2.22. The molecule has 1 fully saturated rings. The lowest BCUT2D eigenvalue weighted by Gasteiger charge is -2.20. The number of aromatic nitrogens is 1. The summed E-state index contributed by atoms with van der Waals surface area (Å²) in [6.45, 7) is 1.26. The normalized spacial score (nSPS) is 17.6. The Balaban J connectivity index is 1.49.